The van der Waals surface area contributed by atoms with Gasteiger partial charge in [0.1, 0.15) is 0 Å². The van der Waals surface area contributed by atoms with E-state index in [1.165, 1.54) is 4.90 Å². The van der Waals surface area contributed by atoms with Crippen molar-refractivity contribution in [3.63, 3.8) is 0 Å². The fourth-order valence-corrected chi connectivity index (χ4v) is 3.10. The van der Waals surface area contributed by atoms with Crippen molar-refractivity contribution in [1.82, 2.24) is 15.2 Å². The van der Waals surface area contributed by atoms with Crippen LogP contribution in [0, 0.1) is 0 Å². The number of rotatable bonds is 6. The van der Waals surface area contributed by atoms with Crippen molar-refractivity contribution >= 4 is 17.8 Å². The van der Waals surface area contributed by atoms with Crippen molar-refractivity contribution in [3.05, 3.63) is 60.4 Å². The number of nitrogens with one attached hydrogen (secondary N) is 1. The van der Waals surface area contributed by atoms with E-state index in [1.54, 1.807) is 29.1 Å². The van der Waals surface area contributed by atoms with Gasteiger partial charge in [-0.25, -0.2) is 4.79 Å². The molecular weight excluding hydrogens is 306 g/mol. The van der Waals surface area contributed by atoms with Crippen LogP contribution < -0.4 is 5.32 Å². The van der Waals surface area contributed by atoms with Gasteiger partial charge in [-0.15, -0.1) is 11.8 Å². The van der Waals surface area contributed by atoms with Gasteiger partial charge in [-0.2, -0.15) is 0 Å². The van der Waals surface area contributed by atoms with E-state index in [4.69, 9.17) is 0 Å². The Morgan fingerprint density at radius 2 is 1.96 bits per heavy atom. The Kier molecular flexibility index (Phi) is 6.47. The molecule has 0 aliphatic carbocycles. The van der Waals surface area contributed by atoms with Gasteiger partial charge in [0.05, 0.1) is 6.04 Å². The number of pyridine rings is 1. The van der Waals surface area contributed by atoms with Crippen LogP contribution in [0.5, 0.6) is 0 Å². The Balaban J connectivity index is 1.82. The minimum absolute atomic E-state index is 0.0132. The highest BCUT2D eigenvalue weighted by Gasteiger charge is 2.17. The van der Waals surface area contributed by atoms with Crippen LogP contribution >= 0.6 is 11.8 Å². The van der Waals surface area contributed by atoms with Gasteiger partial charge >= 0.3 is 6.03 Å². The van der Waals surface area contributed by atoms with Crippen LogP contribution in [0.3, 0.4) is 0 Å². The first-order valence-electron chi connectivity index (χ1n) is 7.70. The van der Waals surface area contributed by atoms with Crippen LogP contribution in [0.4, 0.5) is 4.79 Å². The molecule has 1 aromatic carbocycles. The summed E-state index contributed by atoms with van der Waals surface area (Å²) in [5.41, 5.74) is 1.02. The van der Waals surface area contributed by atoms with Gasteiger partial charge in [-0.1, -0.05) is 31.2 Å². The van der Waals surface area contributed by atoms with Crippen molar-refractivity contribution in [2.45, 2.75) is 30.0 Å². The number of hydrogen-bond acceptors (Lipinski definition) is 3. The molecule has 0 radical (unpaired) electrons. The first kappa shape index (κ1) is 17.3. The van der Waals surface area contributed by atoms with Gasteiger partial charge < -0.3 is 10.2 Å². The van der Waals surface area contributed by atoms with Crippen LogP contribution in [0.25, 0.3) is 0 Å². The third-order valence-corrected chi connectivity index (χ3v) is 4.80. The summed E-state index contributed by atoms with van der Waals surface area (Å²) in [5, 5.41) is 3.31. The summed E-state index contributed by atoms with van der Waals surface area (Å²) in [4.78, 5) is 19.3. The van der Waals surface area contributed by atoms with Gasteiger partial charge in [0.2, 0.25) is 0 Å². The van der Waals surface area contributed by atoms with Crippen LogP contribution in [0.15, 0.2) is 59.8 Å². The minimum Gasteiger partial charge on any atom is -0.337 e. The second-order valence-corrected chi connectivity index (χ2v) is 7.01. The summed E-state index contributed by atoms with van der Waals surface area (Å²) in [6.45, 7) is 4.74. The Labute approximate surface area is 142 Å². The molecule has 2 rings (SSSR count). The van der Waals surface area contributed by atoms with E-state index in [2.05, 4.69) is 29.4 Å². The highest BCUT2D eigenvalue weighted by atomic mass is 32.2. The predicted molar refractivity (Wildman–Crippen MR) is 95.6 cm³/mol. The van der Waals surface area contributed by atoms with Crippen LogP contribution in [0.2, 0.25) is 0 Å². The molecule has 122 valence electrons. The Hall–Kier alpha value is -2.01. The predicted octanol–water partition coefficient (Wildman–Crippen LogP) is 3.96. The monoisotopic (exact) mass is 329 g/mol. The molecule has 1 heterocycles. The van der Waals surface area contributed by atoms with Crippen LogP contribution in [-0.4, -0.2) is 34.8 Å². The lowest BCUT2D eigenvalue weighted by atomic mass is 10.1. The summed E-state index contributed by atoms with van der Waals surface area (Å²) in [5.74, 6) is 0. The number of benzene rings is 1. The molecule has 0 bridgehead atoms. The smallest absolute Gasteiger partial charge is 0.317 e. The highest BCUT2D eigenvalue weighted by Crippen LogP contribution is 2.22. The molecule has 2 aromatic rings. The minimum atomic E-state index is -0.0677. The molecule has 0 unspecified atom stereocenters. The number of urea groups is 1. The maximum absolute atomic E-state index is 12.3. The van der Waals surface area contributed by atoms with E-state index in [1.807, 2.05) is 44.3 Å². The summed E-state index contributed by atoms with van der Waals surface area (Å²) in [6, 6.07) is 14.0. The fourth-order valence-electron chi connectivity index (χ4n) is 2.15. The van der Waals surface area contributed by atoms with Gasteiger partial charge in [0, 0.05) is 36.1 Å². The Morgan fingerprint density at radius 3 is 2.61 bits per heavy atom. The zero-order valence-corrected chi connectivity index (χ0v) is 14.6. The average molecular weight is 329 g/mol. The molecule has 23 heavy (non-hydrogen) atoms. The Morgan fingerprint density at radius 1 is 1.22 bits per heavy atom. The van der Waals surface area contributed by atoms with E-state index in [0.717, 1.165) is 5.56 Å². The number of hydrogen-bond donors (Lipinski definition) is 1. The van der Waals surface area contributed by atoms with E-state index in [9.17, 15) is 4.79 Å². The second-order valence-electron chi connectivity index (χ2n) is 5.50. The zero-order chi connectivity index (χ0) is 16.7. The second kappa shape index (κ2) is 8.58. The number of carbonyl (C=O) groups is 1. The molecule has 2 amide bonds. The van der Waals surface area contributed by atoms with Crippen LogP contribution in [-0.2, 0) is 0 Å². The summed E-state index contributed by atoms with van der Waals surface area (Å²) < 4.78 is 0. The molecule has 1 N–H and O–H groups in total. The van der Waals surface area contributed by atoms with Crippen molar-refractivity contribution < 1.29 is 4.79 Å². The molecule has 0 saturated heterocycles. The van der Waals surface area contributed by atoms with Crippen molar-refractivity contribution in [1.29, 1.82) is 0 Å². The van der Waals surface area contributed by atoms with Crippen molar-refractivity contribution in [2.75, 3.05) is 13.6 Å². The van der Waals surface area contributed by atoms with Crippen molar-refractivity contribution in [3.8, 4) is 0 Å². The van der Waals surface area contributed by atoms with E-state index >= 15 is 0 Å². The number of thioether (sulfide) groups is 1. The molecule has 1 aromatic heterocycles. The maximum Gasteiger partial charge on any atom is 0.317 e. The fraction of sp³-hybridized carbons (Fsp3) is 0.333. The van der Waals surface area contributed by atoms with E-state index in [0.29, 0.717) is 11.8 Å². The lowest BCUT2D eigenvalue weighted by Crippen LogP contribution is -2.41. The molecule has 0 fully saturated rings. The number of nitrogens with zero attached hydrogens (tertiary/aromatic N) is 2. The molecule has 2 atom stereocenters. The van der Waals surface area contributed by atoms with Crippen molar-refractivity contribution in [2.24, 2.45) is 0 Å². The third kappa shape index (κ3) is 5.28. The van der Waals surface area contributed by atoms with Gasteiger partial charge in [-0.05, 0) is 30.7 Å². The first-order chi connectivity index (χ1) is 11.1. The topological polar surface area (TPSA) is 45.2 Å². The van der Waals surface area contributed by atoms with E-state index in [-0.39, 0.29) is 12.1 Å². The standard InChI is InChI=1S/C18H23N3OS/c1-14(23-17-9-5-4-6-10-17)12-20-18(22)21(3)15(2)16-8-7-11-19-13-16/h4-11,13-15H,12H2,1-3H3,(H,20,22)/t14-,15-/m0/s1. The van der Waals surface area contributed by atoms with Crippen LogP contribution in [0.1, 0.15) is 25.5 Å². The number of amides is 2. The SMILES string of the molecule is C[C@@H](CNC(=O)N(C)[C@@H](C)c1cccnc1)Sc1ccccc1. The molecule has 0 saturated carbocycles. The summed E-state index contributed by atoms with van der Waals surface area (Å²) >= 11 is 1.76. The lowest BCUT2D eigenvalue weighted by Gasteiger charge is -2.26. The molecule has 5 heteroatoms. The summed E-state index contributed by atoms with van der Waals surface area (Å²) in [6.07, 6.45) is 3.53. The number of carbonyl (C=O) groups excluding carboxylic acids is 1. The van der Waals surface area contributed by atoms with Gasteiger partial charge in [-0.3, -0.25) is 4.98 Å². The average Bonchev–Trinajstić information content (AvgIpc) is 2.60. The molecule has 4 nitrogen and oxygen atoms in total. The molecule has 0 aliphatic heterocycles. The molecule has 0 aliphatic rings. The largest absolute Gasteiger partial charge is 0.337 e. The van der Waals surface area contributed by atoms with Gasteiger partial charge in [0.25, 0.3) is 0 Å². The highest BCUT2D eigenvalue weighted by molar-refractivity contribution is 8.00. The quantitative estimate of drug-likeness (QED) is 0.816. The first-order valence-corrected chi connectivity index (χ1v) is 8.58. The molecular formula is C18H23N3OS. The third-order valence-electron chi connectivity index (χ3n) is 3.69. The normalized spacial score (nSPS) is 13.2. The Bertz CT molecular complexity index is 606. The number of aromatic nitrogens is 1. The maximum atomic E-state index is 12.3. The summed E-state index contributed by atoms with van der Waals surface area (Å²) in [7, 11) is 1.81. The van der Waals surface area contributed by atoms with Gasteiger partial charge in [0.15, 0.2) is 0 Å². The zero-order valence-electron chi connectivity index (χ0n) is 13.8. The molecule has 0 spiro atoms. The van der Waals surface area contributed by atoms with E-state index < -0.39 is 0 Å². The lowest BCUT2D eigenvalue weighted by molar-refractivity contribution is 0.194.